The minimum atomic E-state index is 0.736. The van der Waals surface area contributed by atoms with Crippen molar-refractivity contribution in [2.75, 3.05) is 54.4 Å². The van der Waals surface area contributed by atoms with Crippen LogP contribution in [0.15, 0.2) is 42.7 Å². The maximum Gasteiger partial charge on any atom is 0.185 e. The fourth-order valence-corrected chi connectivity index (χ4v) is 6.48. The zero-order valence-corrected chi connectivity index (χ0v) is 20.8. The molecule has 0 radical (unpaired) electrons. The van der Waals surface area contributed by atoms with Crippen LogP contribution in [0.25, 0.3) is 21.5 Å². The monoisotopic (exact) mass is 474 g/mol. The zero-order valence-electron chi connectivity index (χ0n) is 20.0. The van der Waals surface area contributed by atoms with Crippen molar-refractivity contribution in [1.82, 2.24) is 15.3 Å². The summed E-state index contributed by atoms with van der Waals surface area (Å²) in [6.45, 7) is 13.1. The topological polar surface area (TPSA) is 56.3 Å². The average molecular weight is 475 g/mol. The number of thiazole rings is 1. The second kappa shape index (κ2) is 9.19. The molecule has 3 fully saturated rings. The zero-order chi connectivity index (χ0) is 23.1. The molecule has 2 aromatic heterocycles. The smallest absolute Gasteiger partial charge is 0.185 e. The molecule has 0 saturated carbocycles. The van der Waals surface area contributed by atoms with Crippen molar-refractivity contribution < 1.29 is 0 Å². The number of fused-ring (bicyclic) bond motifs is 2. The largest absolute Gasteiger partial charge is 0.370 e. The summed E-state index contributed by atoms with van der Waals surface area (Å²) in [7, 11) is 0. The highest BCUT2D eigenvalue weighted by molar-refractivity contribution is 7.18. The molecule has 3 saturated heterocycles. The van der Waals surface area contributed by atoms with Crippen molar-refractivity contribution in [2.24, 2.45) is 11.8 Å². The molecule has 3 aromatic rings. The number of rotatable bonds is 7. The molecule has 1 aromatic carbocycles. The van der Waals surface area contributed by atoms with Gasteiger partial charge in [-0.15, -0.1) is 0 Å². The molecule has 0 spiro atoms. The standard InChI is InChI=1S/C27H34N6S/c1-3-5-18(2)30-21-6-7-22-23(12-21)31-24(26-15-29-27(34-26)32-10-4-11-32)13-25(22)33-16-19-8-9-28-14-20(19)17-33/h6-7,12-13,15,19-20,28,30H,2-5,8-11,14,16-17H2,1H3. The Balaban J connectivity index is 1.39. The van der Waals surface area contributed by atoms with Crippen molar-refractivity contribution in [1.29, 1.82) is 0 Å². The first kappa shape index (κ1) is 21.9. The van der Waals surface area contributed by atoms with Crippen LogP contribution < -0.4 is 20.4 Å². The first-order chi connectivity index (χ1) is 16.7. The highest BCUT2D eigenvalue weighted by Gasteiger charge is 2.35. The van der Waals surface area contributed by atoms with Crippen LogP contribution in [0, 0.1) is 11.8 Å². The third-order valence-electron chi connectivity index (χ3n) is 7.55. The summed E-state index contributed by atoms with van der Waals surface area (Å²) in [5, 5.41) is 9.43. The van der Waals surface area contributed by atoms with Gasteiger partial charge in [-0.2, -0.15) is 0 Å². The molecular weight excluding hydrogens is 440 g/mol. The maximum atomic E-state index is 5.14. The van der Waals surface area contributed by atoms with E-state index in [-0.39, 0.29) is 0 Å². The molecule has 0 amide bonds. The molecule has 7 heteroatoms. The molecule has 2 atom stereocenters. The normalized spacial score (nSPS) is 22.0. The van der Waals surface area contributed by atoms with Gasteiger partial charge in [-0.3, -0.25) is 0 Å². The number of hydrogen-bond acceptors (Lipinski definition) is 7. The summed E-state index contributed by atoms with van der Waals surface area (Å²) < 4.78 is 0. The van der Waals surface area contributed by atoms with Gasteiger partial charge in [-0.05, 0) is 68.5 Å². The summed E-state index contributed by atoms with van der Waals surface area (Å²) >= 11 is 1.77. The minimum absolute atomic E-state index is 0.736. The number of allylic oxidation sites excluding steroid dienone is 1. The molecule has 0 bridgehead atoms. The van der Waals surface area contributed by atoms with Crippen molar-refractivity contribution in [3.8, 4) is 10.6 Å². The van der Waals surface area contributed by atoms with Crippen LogP contribution in [0.5, 0.6) is 0 Å². The van der Waals surface area contributed by atoms with E-state index < -0.39 is 0 Å². The van der Waals surface area contributed by atoms with E-state index in [1.165, 1.54) is 23.9 Å². The van der Waals surface area contributed by atoms with E-state index in [0.717, 1.165) is 96.5 Å². The Bertz CT molecular complexity index is 1190. The molecular formula is C27H34N6S. The summed E-state index contributed by atoms with van der Waals surface area (Å²) in [6.07, 6.45) is 6.61. The molecule has 6 nitrogen and oxygen atoms in total. The molecule has 3 aliphatic heterocycles. The van der Waals surface area contributed by atoms with Crippen molar-refractivity contribution in [3.63, 3.8) is 0 Å². The average Bonchev–Trinajstić information content (AvgIpc) is 3.44. The van der Waals surface area contributed by atoms with Gasteiger partial charge < -0.3 is 20.4 Å². The Morgan fingerprint density at radius 3 is 2.88 bits per heavy atom. The van der Waals surface area contributed by atoms with E-state index in [1.807, 2.05) is 6.20 Å². The predicted molar refractivity (Wildman–Crippen MR) is 144 cm³/mol. The Morgan fingerprint density at radius 2 is 2.09 bits per heavy atom. The van der Waals surface area contributed by atoms with E-state index in [4.69, 9.17) is 9.97 Å². The highest BCUT2D eigenvalue weighted by atomic mass is 32.1. The fraction of sp³-hybridized carbons (Fsp3) is 0.481. The van der Waals surface area contributed by atoms with Gasteiger partial charge in [-0.25, -0.2) is 9.97 Å². The first-order valence-corrected chi connectivity index (χ1v) is 13.6. The van der Waals surface area contributed by atoms with E-state index in [0.29, 0.717) is 0 Å². The Morgan fingerprint density at radius 1 is 1.21 bits per heavy atom. The number of piperidine rings is 1. The van der Waals surface area contributed by atoms with E-state index in [1.54, 1.807) is 11.3 Å². The van der Waals surface area contributed by atoms with Crippen LogP contribution in [-0.4, -0.2) is 49.2 Å². The van der Waals surface area contributed by atoms with E-state index >= 15 is 0 Å². The number of nitrogens with zero attached hydrogens (tertiary/aromatic N) is 4. The van der Waals surface area contributed by atoms with Crippen LogP contribution in [0.4, 0.5) is 16.5 Å². The molecule has 2 unspecified atom stereocenters. The fourth-order valence-electron chi connectivity index (χ4n) is 5.55. The number of pyridine rings is 1. The number of benzene rings is 1. The second-order valence-corrected chi connectivity index (χ2v) is 11.0. The Hall–Kier alpha value is -2.64. The third-order valence-corrected chi connectivity index (χ3v) is 8.63. The predicted octanol–water partition coefficient (Wildman–Crippen LogP) is 5.34. The van der Waals surface area contributed by atoms with Gasteiger partial charge in [-0.1, -0.05) is 31.3 Å². The summed E-state index contributed by atoms with van der Waals surface area (Å²) in [5.41, 5.74) is 5.49. The molecule has 0 aliphatic carbocycles. The lowest BCUT2D eigenvalue weighted by atomic mass is 9.90. The van der Waals surface area contributed by atoms with Crippen LogP contribution in [0.3, 0.4) is 0 Å². The molecule has 5 heterocycles. The van der Waals surface area contributed by atoms with Gasteiger partial charge in [0.05, 0.1) is 16.1 Å². The second-order valence-electron chi connectivity index (χ2n) is 10.0. The maximum absolute atomic E-state index is 5.14. The summed E-state index contributed by atoms with van der Waals surface area (Å²) in [6, 6.07) is 8.91. The van der Waals surface area contributed by atoms with E-state index in [9.17, 15) is 0 Å². The Labute approximate surface area is 206 Å². The van der Waals surface area contributed by atoms with Gasteiger partial charge in [0.1, 0.15) is 0 Å². The third kappa shape index (κ3) is 4.16. The lowest BCUT2D eigenvalue weighted by molar-refractivity contribution is 0.318. The van der Waals surface area contributed by atoms with Crippen molar-refractivity contribution in [3.05, 3.63) is 42.7 Å². The van der Waals surface area contributed by atoms with Crippen molar-refractivity contribution >= 4 is 38.7 Å². The number of aromatic nitrogens is 2. The van der Waals surface area contributed by atoms with Gasteiger partial charge in [0, 0.05) is 54.8 Å². The Kier molecular flexibility index (Phi) is 5.91. The van der Waals surface area contributed by atoms with Crippen LogP contribution in [0.2, 0.25) is 0 Å². The van der Waals surface area contributed by atoms with Gasteiger partial charge in [0.25, 0.3) is 0 Å². The SMILES string of the molecule is C=C(CCC)Nc1ccc2c(N3CC4CCNCC4C3)cc(-c3cnc(N4CCC4)s3)nc2c1. The molecule has 3 aliphatic rings. The molecule has 2 N–H and O–H groups in total. The van der Waals surface area contributed by atoms with Crippen LogP contribution in [-0.2, 0) is 0 Å². The van der Waals surface area contributed by atoms with Gasteiger partial charge in [0.15, 0.2) is 5.13 Å². The lowest BCUT2D eigenvalue weighted by Crippen LogP contribution is -2.36. The number of nitrogens with one attached hydrogen (secondary N) is 2. The highest BCUT2D eigenvalue weighted by Crippen LogP contribution is 2.40. The first-order valence-electron chi connectivity index (χ1n) is 12.7. The van der Waals surface area contributed by atoms with E-state index in [2.05, 4.69) is 58.2 Å². The van der Waals surface area contributed by atoms with Gasteiger partial charge >= 0.3 is 0 Å². The molecule has 34 heavy (non-hydrogen) atoms. The molecule has 6 rings (SSSR count). The number of anilines is 3. The quantitative estimate of drug-likeness (QED) is 0.482. The van der Waals surface area contributed by atoms with Gasteiger partial charge in [0.2, 0.25) is 0 Å². The minimum Gasteiger partial charge on any atom is -0.370 e. The summed E-state index contributed by atoms with van der Waals surface area (Å²) in [5.74, 6) is 1.52. The van der Waals surface area contributed by atoms with Crippen LogP contribution in [0.1, 0.15) is 32.6 Å². The van der Waals surface area contributed by atoms with Crippen LogP contribution >= 0.6 is 11.3 Å². The molecule has 178 valence electrons. The summed E-state index contributed by atoms with van der Waals surface area (Å²) in [4.78, 5) is 16.0. The lowest BCUT2D eigenvalue weighted by Gasteiger charge is -2.30. The number of hydrogen-bond donors (Lipinski definition) is 2. The van der Waals surface area contributed by atoms with Crippen molar-refractivity contribution in [2.45, 2.75) is 32.6 Å².